The summed E-state index contributed by atoms with van der Waals surface area (Å²) in [4.78, 5) is 37.7. The molecule has 3 aliphatic heterocycles. The number of fused-ring (bicyclic) bond motifs is 1. The van der Waals surface area contributed by atoms with E-state index in [2.05, 4.69) is 10.3 Å². The van der Waals surface area contributed by atoms with E-state index >= 15 is 0 Å². The summed E-state index contributed by atoms with van der Waals surface area (Å²) in [6.07, 6.45) is 6.15. The smallest absolute Gasteiger partial charge is 0.245 e. The summed E-state index contributed by atoms with van der Waals surface area (Å²) in [6, 6.07) is -0.339. The fourth-order valence-corrected chi connectivity index (χ4v) is 4.28. The summed E-state index contributed by atoms with van der Waals surface area (Å²) in [6.45, 7) is 5.84. The van der Waals surface area contributed by atoms with Crippen molar-refractivity contribution in [1.29, 1.82) is 0 Å². The molecule has 4 heterocycles. The molecule has 0 radical (unpaired) electrons. The van der Waals surface area contributed by atoms with Gasteiger partial charge in [-0.3, -0.25) is 9.59 Å². The van der Waals surface area contributed by atoms with Gasteiger partial charge in [0, 0.05) is 68.9 Å². The van der Waals surface area contributed by atoms with E-state index in [0.717, 1.165) is 57.7 Å². The second-order valence-corrected chi connectivity index (χ2v) is 7.59. The van der Waals surface area contributed by atoms with Gasteiger partial charge in [-0.2, -0.15) is 0 Å². The van der Waals surface area contributed by atoms with E-state index in [4.69, 9.17) is 4.98 Å². The van der Waals surface area contributed by atoms with Crippen LogP contribution in [0.2, 0.25) is 0 Å². The average Bonchev–Trinajstić information content (AvgIpc) is 3.12. The molecule has 2 amide bonds. The molecule has 3 aliphatic rings. The first-order valence-electron chi connectivity index (χ1n) is 9.77. The normalized spacial score (nSPS) is 22.4. The first-order valence-corrected chi connectivity index (χ1v) is 9.77. The summed E-state index contributed by atoms with van der Waals surface area (Å²) >= 11 is 0. The molecule has 1 atom stereocenters. The Balaban J connectivity index is 1.36. The standard InChI is InChI=1S/C19H27N5O2/c1-13(24-8-2-3-17(24)25)19(26)23-9-5-14(6-10-23)18-21-12-15-11-20-7-4-16(15)22-18/h12-14,20H,2-11H2,1H3. The minimum atomic E-state index is -0.339. The number of rotatable bonds is 3. The van der Waals surface area contributed by atoms with Gasteiger partial charge in [0.25, 0.3) is 0 Å². The molecule has 140 valence electrons. The number of piperidine rings is 1. The molecule has 1 aromatic heterocycles. The minimum absolute atomic E-state index is 0.0798. The van der Waals surface area contributed by atoms with Crippen LogP contribution in [0.15, 0.2) is 6.20 Å². The van der Waals surface area contributed by atoms with Crippen LogP contribution in [0.5, 0.6) is 0 Å². The number of hydrogen-bond donors (Lipinski definition) is 1. The second kappa shape index (κ2) is 7.31. The lowest BCUT2D eigenvalue weighted by Crippen LogP contribution is -2.49. The number of carbonyl (C=O) groups excluding carboxylic acids is 2. The highest BCUT2D eigenvalue weighted by Gasteiger charge is 2.34. The maximum Gasteiger partial charge on any atom is 0.245 e. The van der Waals surface area contributed by atoms with Gasteiger partial charge in [0.05, 0.1) is 0 Å². The van der Waals surface area contributed by atoms with E-state index in [-0.39, 0.29) is 17.9 Å². The molecule has 0 saturated carbocycles. The zero-order chi connectivity index (χ0) is 18.1. The molecule has 1 aromatic rings. The summed E-state index contributed by atoms with van der Waals surface area (Å²) in [5.74, 6) is 1.44. The number of carbonyl (C=O) groups is 2. The summed E-state index contributed by atoms with van der Waals surface area (Å²) in [5, 5.41) is 3.34. The van der Waals surface area contributed by atoms with E-state index in [0.29, 0.717) is 18.9 Å². The van der Waals surface area contributed by atoms with Crippen molar-refractivity contribution in [3.63, 3.8) is 0 Å². The van der Waals surface area contributed by atoms with Gasteiger partial charge in [0.1, 0.15) is 11.9 Å². The van der Waals surface area contributed by atoms with Crippen LogP contribution < -0.4 is 5.32 Å². The maximum atomic E-state index is 12.8. The van der Waals surface area contributed by atoms with Crippen molar-refractivity contribution in [3.8, 4) is 0 Å². The largest absolute Gasteiger partial charge is 0.341 e. The molecule has 7 nitrogen and oxygen atoms in total. The Morgan fingerprint density at radius 1 is 1.27 bits per heavy atom. The fourth-order valence-electron chi connectivity index (χ4n) is 4.28. The highest BCUT2D eigenvalue weighted by molar-refractivity contribution is 5.88. The molecular weight excluding hydrogens is 330 g/mol. The molecule has 1 N–H and O–H groups in total. The molecule has 7 heteroatoms. The summed E-state index contributed by atoms with van der Waals surface area (Å²) in [5.41, 5.74) is 2.38. The van der Waals surface area contributed by atoms with Crippen LogP contribution in [-0.2, 0) is 22.6 Å². The summed E-state index contributed by atoms with van der Waals surface area (Å²) in [7, 11) is 0. The Bertz CT molecular complexity index is 699. The van der Waals surface area contributed by atoms with Crippen molar-refractivity contribution in [2.45, 2.75) is 57.5 Å². The van der Waals surface area contributed by atoms with Crippen LogP contribution in [-0.4, -0.2) is 63.8 Å². The Labute approximate surface area is 154 Å². The van der Waals surface area contributed by atoms with Crippen molar-refractivity contribution < 1.29 is 9.59 Å². The monoisotopic (exact) mass is 357 g/mol. The molecule has 0 aromatic carbocycles. The molecule has 26 heavy (non-hydrogen) atoms. The van der Waals surface area contributed by atoms with E-state index in [1.807, 2.05) is 18.0 Å². The third-order valence-electron chi connectivity index (χ3n) is 5.93. The van der Waals surface area contributed by atoms with E-state index in [9.17, 15) is 9.59 Å². The second-order valence-electron chi connectivity index (χ2n) is 7.59. The lowest BCUT2D eigenvalue weighted by Gasteiger charge is -2.35. The van der Waals surface area contributed by atoms with Gasteiger partial charge in [-0.15, -0.1) is 0 Å². The Kier molecular flexibility index (Phi) is 4.89. The topological polar surface area (TPSA) is 78.4 Å². The third kappa shape index (κ3) is 3.32. The van der Waals surface area contributed by atoms with Crippen molar-refractivity contribution in [2.24, 2.45) is 0 Å². The van der Waals surface area contributed by atoms with Crippen LogP contribution in [0.1, 0.15) is 55.6 Å². The van der Waals surface area contributed by atoms with E-state index in [1.165, 1.54) is 11.3 Å². The molecule has 0 spiro atoms. The quantitative estimate of drug-likeness (QED) is 0.867. The molecule has 2 saturated heterocycles. The Hall–Kier alpha value is -2.02. The van der Waals surface area contributed by atoms with E-state index in [1.54, 1.807) is 4.90 Å². The predicted molar refractivity (Wildman–Crippen MR) is 96.4 cm³/mol. The predicted octanol–water partition coefficient (Wildman–Crippen LogP) is 0.839. The lowest BCUT2D eigenvalue weighted by molar-refractivity contribution is -0.143. The number of aromatic nitrogens is 2. The van der Waals surface area contributed by atoms with Gasteiger partial charge < -0.3 is 15.1 Å². The lowest BCUT2D eigenvalue weighted by atomic mass is 9.95. The fraction of sp³-hybridized carbons (Fsp3) is 0.684. The minimum Gasteiger partial charge on any atom is -0.341 e. The van der Waals surface area contributed by atoms with Crippen LogP contribution in [0, 0.1) is 0 Å². The number of hydrogen-bond acceptors (Lipinski definition) is 5. The zero-order valence-electron chi connectivity index (χ0n) is 15.4. The van der Waals surface area contributed by atoms with Crippen LogP contribution in [0.3, 0.4) is 0 Å². The number of nitrogens with zero attached hydrogens (tertiary/aromatic N) is 4. The van der Waals surface area contributed by atoms with Gasteiger partial charge in [0.2, 0.25) is 11.8 Å². The molecule has 4 rings (SSSR count). The number of nitrogens with one attached hydrogen (secondary N) is 1. The SMILES string of the molecule is CC(C(=O)N1CCC(c2ncc3c(n2)CCNC3)CC1)N1CCCC1=O. The van der Waals surface area contributed by atoms with Crippen molar-refractivity contribution in [3.05, 3.63) is 23.3 Å². The van der Waals surface area contributed by atoms with Crippen LogP contribution in [0.25, 0.3) is 0 Å². The maximum absolute atomic E-state index is 12.8. The van der Waals surface area contributed by atoms with Crippen molar-refractivity contribution >= 4 is 11.8 Å². The molecule has 2 fully saturated rings. The molecular formula is C19H27N5O2. The van der Waals surface area contributed by atoms with E-state index < -0.39 is 0 Å². The highest BCUT2D eigenvalue weighted by Crippen LogP contribution is 2.27. The van der Waals surface area contributed by atoms with Gasteiger partial charge >= 0.3 is 0 Å². The summed E-state index contributed by atoms with van der Waals surface area (Å²) < 4.78 is 0. The first kappa shape index (κ1) is 17.4. The molecule has 0 bridgehead atoms. The van der Waals surface area contributed by atoms with Crippen molar-refractivity contribution in [1.82, 2.24) is 25.1 Å². The van der Waals surface area contributed by atoms with Gasteiger partial charge in [-0.05, 0) is 26.2 Å². The first-order chi connectivity index (χ1) is 12.6. The number of amides is 2. The molecule has 1 unspecified atom stereocenters. The Morgan fingerprint density at radius 2 is 2.08 bits per heavy atom. The van der Waals surface area contributed by atoms with Gasteiger partial charge in [0.15, 0.2) is 0 Å². The average molecular weight is 357 g/mol. The molecule has 0 aliphatic carbocycles. The Morgan fingerprint density at radius 3 is 2.81 bits per heavy atom. The third-order valence-corrected chi connectivity index (χ3v) is 5.93. The van der Waals surface area contributed by atoms with Crippen LogP contribution in [0.4, 0.5) is 0 Å². The number of likely N-dealkylation sites (tertiary alicyclic amines) is 2. The van der Waals surface area contributed by atoms with Gasteiger partial charge in [-0.1, -0.05) is 0 Å². The van der Waals surface area contributed by atoms with Gasteiger partial charge in [-0.25, -0.2) is 9.97 Å². The zero-order valence-corrected chi connectivity index (χ0v) is 15.4. The van der Waals surface area contributed by atoms with Crippen molar-refractivity contribution in [2.75, 3.05) is 26.2 Å². The van der Waals surface area contributed by atoms with Crippen LogP contribution >= 0.6 is 0 Å². The highest BCUT2D eigenvalue weighted by atomic mass is 16.2.